The first-order chi connectivity index (χ1) is 10.3. The molecule has 0 saturated carbocycles. The van der Waals surface area contributed by atoms with E-state index in [0.29, 0.717) is 0 Å². The minimum absolute atomic E-state index is 0.0371. The molecule has 7 nitrogen and oxygen atoms in total. The Balaban J connectivity index is 0.000000406. The number of carbonyl (C=O) groups excluding carboxylic acids is 1. The Morgan fingerprint density at radius 1 is 1.45 bits per heavy atom. The lowest BCUT2D eigenvalue weighted by Crippen LogP contribution is -2.23. The van der Waals surface area contributed by atoms with Crippen LogP contribution >= 0.6 is 0 Å². The molecule has 0 amide bonds. The van der Waals surface area contributed by atoms with Gasteiger partial charge in [-0.1, -0.05) is 19.9 Å². The van der Waals surface area contributed by atoms with Crippen molar-refractivity contribution in [3.05, 3.63) is 31.4 Å². The summed E-state index contributed by atoms with van der Waals surface area (Å²) in [4.78, 5) is 10.4. The van der Waals surface area contributed by atoms with Gasteiger partial charge in [0.15, 0.2) is 0 Å². The van der Waals surface area contributed by atoms with E-state index in [0.717, 1.165) is 12.6 Å². The zero-order valence-electron chi connectivity index (χ0n) is 13.1. The molecule has 126 valence electrons. The van der Waals surface area contributed by atoms with Gasteiger partial charge >= 0.3 is 5.97 Å². The van der Waals surface area contributed by atoms with Gasteiger partial charge in [0, 0.05) is 6.08 Å². The molecule has 1 aromatic rings. The molecule has 0 aliphatic carbocycles. The second-order valence-electron chi connectivity index (χ2n) is 4.68. The number of esters is 1. The van der Waals surface area contributed by atoms with Gasteiger partial charge in [0.1, 0.15) is 12.4 Å². The maximum atomic E-state index is 10.4. The summed E-state index contributed by atoms with van der Waals surface area (Å²) in [7, 11) is -1.90. The fraction of sp³-hybridized carbons (Fsp3) is 0.571. The molecule has 0 aliphatic heterocycles. The van der Waals surface area contributed by atoms with Crippen molar-refractivity contribution in [2.24, 2.45) is 7.05 Å². The lowest BCUT2D eigenvalue weighted by molar-refractivity contribution is -0.671. The maximum absolute atomic E-state index is 10.4. The molecule has 8 heteroatoms. The Kier molecular flexibility index (Phi) is 10.1. The summed E-state index contributed by atoms with van der Waals surface area (Å²) >= 11 is 0. The highest BCUT2D eigenvalue weighted by Crippen LogP contribution is 1.92. The third-order valence-electron chi connectivity index (χ3n) is 2.55. The van der Waals surface area contributed by atoms with E-state index in [2.05, 4.69) is 46.1 Å². The predicted molar refractivity (Wildman–Crippen MR) is 82.7 cm³/mol. The van der Waals surface area contributed by atoms with E-state index in [4.69, 9.17) is 4.55 Å². The van der Waals surface area contributed by atoms with Crippen LogP contribution in [0.3, 0.4) is 0 Å². The lowest BCUT2D eigenvalue weighted by atomic mass is 10.3. The van der Waals surface area contributed by atoms with Crippen molar-refractivity contribution in [3.8, 4) is 0 Å². The van der Waals surface area contributed by atoms with Crippen LogP contribution < -0.4 is 4.57 Å². The number of hydrogen-bond acceptors (Lipinski definition) is 4. The first-order valence-electron chi connectivity index (χ1n) is 7.04. The third-order valence-corrected chi connectivity index (χ3v) is 3.36. The van der Waals surface area contributed by atoms with Crippen molar-refractivity contribution in [1.29, 1.82) is 0 Å². The Morgan fingerprint density at radius 2 is 2.14 bits per heavy atom. The van der Waals surface area contributed by atoms with Crippen molar-refractivity contribution in [1.82, 2.24) is 4.57 Å². The molecule has 0 atom stereocenters. The number of ether oxygens (including phenoxy) is 1. The topological polar surface area (TPSA) is 89.5 Å². The quantitative estimate of drug-likeness (QED) is 0.253. The highest BCUT2D eigenvalue weighted by molar-refractivity contribution is 7.85. The zero-order valence-corrected chi connectivity index (χ0v) is 14.0. The zero-order chi connectivity index (χ0) is 17.0. The van der Waals surface area contributed by atoms with Crippen LogP contribution in [0.5, 0.6) is 0 Å². The first-order valence-corrected chi connectivity index (χ1v) is 8.64. The number of aromatic nitrogens is 2. The van der Waals surface area contributed by atoms with Crippen molar-refractivity contribution >= 4 is 16.1 Å². The summed E-state index contributed by atoms with van der Waals surface area (Å²) in [6.07, 6.45) is 9.88. The Bertz CT molecular complexity index is 551. The first kappa shape index (κ1) is 20.3. The molecular weight excluding hydrogens is 308 g/mol. The molecule has 0 spiro atoms. The Labute approximate surface area is 132 Å². The molecular formula is C14H25N2O5S+. The lowest BCUT2D eigenvalue weighted by Gasteiger charge is -1.99. The average Bonchev–Trinajstić information content (AvgIpc) is 2.86. The normalized spacial score (nSPS) is 10.5. The fourth-order valence-corrected chi connectivity index (χ4v) is 1.93. The van der Waals surface area contributed by atoms with Gasteiger partial charge in [0.05, 0.1) is 26.0 Å². The van der Waals surface area contributed by atoms with Crippen molar-refractivity contribution in [2.45, 2.75) is 32.7 Å². The molecule has 0 unspecified atom stereocenters. The number of aryl methyl sites for hydroxylation is 2. The molecule has 1 aromatic heterocycles. The van der Waals surface area contributed by atoms with Crippen LogP contribution in [0, 0.1) is 0 Å². The molecule has 1 rings (SSSR count). The van der Waals surface area contributed by atoms with E-state index < -0.39 is 21.8 Å². The Morgan fingerprint density at radius 3 is 2.59 bits per heavy atom. The summed E-state index contributed by atoms with van der Waals surface area (Å²) in [5.41, 5.74) is 0. The largest absolute Gasteiger partial charge is 0.463 e. The van der Waals surface area contributed by atoms with E-state index in [1.165, 1.54) is 12.8 Å². The predicted octanol–water partition coefficient (Wildman–Crippen LogP) is 1.11. The van der Waals surface area contributed by atoms with Gasteiger partial charge in [-0.2, -0.15) is 8.42 Å². The molecule has 0 aliphatic rings. The van der Waals surface area contributed by atoms with E-state index in [1.807, 2.05) is 7.05 Å². The summed E-state index contributed by atoms with van der Waals surface area (Å²) in [6.45, 7) is 6.47. The molecule has 0 radical (unpaired) electrons. The molecule has 0 aromatic carbocycles. The number of carbonyl (C=O) groups is 1. The smallest absolute Gasteiger partial charge is 0.330 e. The molecule has 22 heavy (non-hydrogen) atoms. The molecule has 0 saturated heterocycles. The number of hydrogen-bond donors (Lipinski definition) is 1. The van der Waals surface area contributed by atoms with Gasteiger partial charge in [0.2, 0.25) is 6.33 Å². The minimum Gasteiger partial charge on any atom is -0.463 e. The van der Waals surface area contributed by atoms with Crippen LogP contribution in [0.4, 0.5) is 0 Å². The summed E-state index contributed by atoms with van der Waals surface area (Å²) in [5.74, 6) is -1.01. The highest BCUT2D eigenvalue weighted by Gasteiger charge is 2.04. The van der Waals surface area contributed by atoms with Gasteiger partial charge in [0.25, 0.3) is 10.1 Å². The standard InChI is InChI=1S/C8H15N2.C6H10O5S/c1-3-4-5-10-7-6-9(2)8-10;1-2-6(7)11-4-3-5-12(8,9)10/h6-8H,3-5H2,1-2H3;2H,1,3-5H2,(H,8,9,10)/q+1;. The number of imidazole rings is 1. The maximum Gasteiger partial charge on any atom is 0.330 e. The van der Waals surface area contributed by atoms with Crippen LogP contribution in [-0.4, -0.2) is 35.9 Å². The third kappa shape index (κ3) is 12.1. The van der Waals surface area contributed by atoms with Crippen molar-refractivity contribution in [2.75, 3.05) is 12.4 Å². The van der Waals surface area contributed by atoms with E-state index in [9.17, 15) is 13.2 Å². The van der Waals surface area contributed by atoms with Crippen molar-refractivity contribution in [3.63, 3.8) is 0 Å². The second-order valence-corrected chi connectivity index (χ2v) is 6.25. The minimum atomic E-state index is -3.95. The van der Waals surface area contributed by atoms with E-state index in [-0.39, 0.29) is 13.0 Å². The van der Waals surface area contributed by atoms with E-state index in [1.54, 1.807) is 0 Å². The van der Waals surface area contributed by atoms with Gasteiger partial charge in [-0.05, 0) is 12.8 Å². The monoisotopic (exact) mass is 333 g/mol. The Hall–Kier alpha value is -1.67. The van der Waals surface area contributed by atoms with Crippen LogP contribution in [0.2, 0.25) is 0 Å². The van der Waals surface area contributed by atoms with Crippen LogP contribution in [0.1, 0.15) is 26.2 Å². The highest BCUT2D eigenvalue weighted by atomic mass is 32.2. The SMILES string of the molecule is C=CC(=O)OCCCS(=O)(=O)O.CCCCn1cc[n+](C)c1. The van der Waals surface area contributed by atoms with Crippen LogP contribution in [-0.2, 0) is 33.2 Å². The number of nitrogens with zero attached hydrogens (tertiary/aromatic N) is 2. The summed E-state index contributed by atoms with van der Waals surface area (Å²) in [6, 6.07) is 0. The van der Waals surface area contributed by atoms with E-state index >= 15 is 0 Å². The van der Waals surface area contributed by atoms with Crippen LogP contribution in [0.25, 0.3) is 0 Å². The average molecular weight is 333 g/mol. The molecule has 1 N–H and O–H groups in total. The van der Waals surface area contributed by atoms with Gasteiger partial charge < -0.3 is 4.74 Å². The number of rotatable bonds is 8. The fourth-order valence-electron chi connectivity index (χ4n) is 1.45. The van der Waals surface area contributed by atoms with Crippen molar-refractivity contribution < 1.29 is 27.1 Å². The van der Waals surface area contributed by atoms with Gasteiger partial charge in [-0.3, -0.25) is 4.55 Å². The summed E-state index contributed by atoms with van der Waals surface area (Å²) in [5, 5.41) is 0. The van der Waals surface area contributed by atoms with Gasteiger partial charge in [-0.25, -0.2) is 13.9 Å². The van der Waals surface area contributed by atoms with Crippen LogP contribution in [0.15, 0.2) is 31.4 Å². The molecule has 1 heterocycles. The molecule has 0 bridgehead atoms. The molecule has 0 fully saturated rings. The van der Waals surface area contributed by atoms with Gasteiger partial charge in [-0.15, -0.1) is 0 Å². The second kappa shape index (κ2) is 11.0. The summed E-state index contributed by atoms with van der Waals surface area (Å²) < 4.78 is 37.3. The number of unbranched alkanes of at least 4 members (excludes halogenated alkanes) is 1.